The molecule has 0 aliphatic carbocycles. The van der Waals surface area contributed by atoms with Gasteiger partial charge < -0.3 is 9.64 Å². The summed E-state index contributed by atoms with van der Waals surface area (Å²) in [5.74, 6) is -0.0669. The number of hydrogen-bond donors (Lipinski definition) is 1. The van der Waals surface area contributed by atoms with Gasteiger partial charge in [-0.15, -0.1) is 0 Å². The van der Waals surface area contributed by atoms with Gasteiger partial charge in [-0.05, 0) is 18.4 Å². The number of likely N-dealkylation sites (tertiary alicyclic amines) is 1. The highest BCUT2D eigenvalue weighted by Crippen LogP contribution is 2.38. The molecule has 2 aliphatic heterocycles. The van der Waals surface area contributed by atoms with E-state index in [0.717, 1.165) is 18.2 Å². The number of sulfonamides is 1. The summed E-state index contributed by atoms with van der Waals surface area (Å²) in [7, 11) is -3.24. The fourth-order valence-electron chi connectivity index (χ4n) is 3.14. The van der Waals surface area contributed by atoms with Crippen LogP contribution >= 0.6 is 0 Å². The molecule has 120 valence electrons. The molecule has 0 bridgehead atoms. The number of rotatable bonds is 4. The van der Waals surface area contributed by atoms with Gasteiger partial charge in [0.1, 0.15) is 0 Å². The van der Waals surface area contributed by atoms with E-state index in [2.05, 4.69) is 4.72 Å². The van der Waals surface area contributed by atoms with Crippen molar-refractivity contribution in [2.75, 3.05) is 26.0 Å². The third-order valence-electron chi connectivity index (χ3n) is 4.16. The summed E-state index contributed by atoms with van der Waals surface area (Å²) in [5.41, 5.74) is -0.0332. The Morgan fingerprint density at radius 1 is 1.32 bits per heavy atom. The average molecular weight is 324 g/mol. The molecule has 2 aliphatic rings. The minimum absolute atomic E-state index is 0.0669. The van der Waals surface area contributed by atoms with Crippen molar-refractivity contribution in [1.82, 2.24) is 9.62 Å². The molecule has 0 aromatic heterocycles. The van der Waals surface area contributed by atoms with Crippen molar-refractivity contribution in [1.29, 1.82) is 0 Å². The number of nitrogens with one attached hydrogen (secondary N) is 1. The minimum atomic E-state index is -3.24. The lowest BCUT2D eigenvalue weighted by atomic mass is 9.88. The second kappa shape index (κ2) is 5.64. The quantitative estimate of drug-likeness (QED) is 0.873. The highest BCUT2D eigenvalue weighted by molar-refractivity contribution is 7.88. The van der Waals surface area contributed by atoms with Crippen LogP contribution in [0.25, 0.3) is 0 Å². The Labute approximate surface area is 130 Å². The highest BCUT2D eigenvalue weighted by Gasteiger charge is 2.49. The van der Waals surface area contributed by atoms with Gasteiger partial charge in [0.15, 0.2) is 5.60 Å². The van der Waals surface area contributed by atoms with Gasteiger partial charge in [-0.3, -0.25) is 4.79 Å². The van der Waals surface area contributed by atoms with Crippen molar-refractivity contribution < 1.29 is 17.9 Å². The minimum Gasteiger partial charge on any atom is -0.360 e. The van der Waals surface area contributed by atoms with Crippen molar-refractivity contribution in [3.05, 3.63) is 35.9 Å². The fourth-order valence-corrected chi connectivity index (χ4v) is 3.90. The summed E-state index contributed by atoms with van der Waals surface area (Å²) in [6.45, 7) is 1.35. The number of carbonyl (C=O) groups excluding carboxylic acids is 1. The van der Waals surface area contributed by atoms with Gasteiger partial charge in [0.05, 0.1) is 12.3 Å². The van der Waals surface area contributed by atoms with Crippen LogP contribution in [0.1, 0.15) is 18.4 Å². The normalized spacial score (nSPS) is 26.0. The third-order valence-corrected chi connectivity index (χ3v) is 4.92. The van der Waals surface area contributed by atoms with Crippen molar-refractivity contribution >= 4 is 15.9 Å². The second-order valence-corrected chi connectivity index (χ2v) is 7.72. The molecule has 6 nitrogen and oxygen atoms in total. The van der Waals surface area contributed by atoms with E-state index in [0.29, 0.717) is 26.1 Å². The highest BCUT2D eigenvalue weighted by atomic mass is 32.2. The standard InChI is InChI=1S/C15H20N2O4S/c1-22(19,20)16-13-10-17(11-13)14(18)15(8-5-9-21-15)12-6-3-2-4-7-12/h2-4,6-7,13,16H,5,8-11H2,1H3. The fraction of sp³-hybridized carbons (Fsp3) is 0.533. The van der Waals surface area contributed by atoms with Crippen LogP contribution in [-0.2, 0) is 25.2 Å². The zero-order valence-electron chi connectivity index (χ0n) is 12.5. The van der Waals surface area contributed by atoms with Gasteiger partial charge in [0.2, 0.25) is 10.0 Å². The van der Waals surface area contributed by atoms with Gasteiger partial charge in [0.25, 0.3) is 5.91 Å². The van der Waals surface area contributed by atoms with Crippen molar-refractivity contribution in [3.8, 4) is 0 Å². The molecular formula is C15H20N2O4S. The van der Waals surface area contributed by atoms with Gasteiger partial charge >= 0.3 is 0 Å². The lowest BCUT2D eigenvalue weighted by molar-refractivity contribution is -0.159. The van der Waals surface area contributed by atoms with E-state index in [1.54, 1.807) is 4.90 Å². The van der Waals surface area contributed by atoms with E-state index in [-0.39, 0.29) is 11.9 Å². The Hall–Kier alpha value is -1.44. The van der Waals surface area contributed by atoms with Crippen LogP contribution in [0.3, 0.4) is 0 Å². The maximum Gasteiger partial charge on any atom is 0.259 e. The zero-order valence-corrected chi connectivity index (χ0v) is 13.3. The smallest absolute Gasteiger partial charge is 0.259 e. The molecule has 22 heavy (non-hydrogen) atoms. The molecule has 3 rings (SSSR count). The Bertz CT molecular complexity index is 647. The number of ether oxygens (including phenoxy) is 1. The first-order valence-corrected chi connectivity index (χ1v) is 9.26. The predicted molar refractivity (Wildman–Crippen MR) is 81.7 cm³/mol. The van der Waals surface area contributed by atoms with E-state index < -0.39 is 15.6 Å². The Balaban J connectivity index is 1.73. The molecule has 0 radical (unpaired) electrons. The van der Waals surface area contributed by atoms with E-state index in [9.17, 15) is 13.2 Å². The van der Waals surface area contributed by atoms with Crippen LogP contribution in [0.4, 0.5) is 0 Å². The number of nitrogens with zero attached hydrogens (tertiary/aromatic N) is 1. The molecule has 1 atom stereocenters. The van der Waals surface area contributed by atoms with Crippen LogP contribution in [0, 0.1) is 0 Å². The van der Waals surface area contributed by atoms with Gasteiger partial charge in [-0.2, -0.15) is 0 Å². The maximum atomic E-state index is 12.9. The van der Waals surface area contributed by atoms with Crippen LogP contribution in [0.15, 0.2) is 30.3 Å². The van der Waals surface area contributed by atoms with Gasteiger partial charge in [-0.1, -0.05) is 30.3 Å². The summed E-state index contributed by atoms with van der Waals surface area (Å²) in [5, 5.41) is 0. The molecule has 0 saturated carbocycles. The topological polar surface area (TPSA) is 75.7 Å². The first-order valence-electron chi connectivity index (χ1n) is 7.37. The lowest BCUT2D eigenvalue weighted by Crippen LogP contribution is -2.64. The molecule has 1 aromatic rings. The Morgan fingerprint density at radius 2 is 2.00 bits per heavy atom. The number of benzene rings is 1. The molecular weight excluding hydrogens is 304 g/mol. The number of amides is 1. The molecule has 0 spiro atoms. The Morgan fingerprint density at radius 3 is 2.55 bits per heavy atom. The SMILES string of the molecule is CS(=O)(=O)NC1CN(C(=O)C2(c3ccccc3)CCCO2)C1. The average Bonchev–Trinajstić information content (AvgIpc) is 2.92. The largest absolute Gasteiger partial charge is 0.360 e. The second-order valence-electron chi connectivity index (χ2n) is 5.94. The summed E-state index contributed by atoms with van der Waals surface area (Å²) < 4.78 is 30.8. The molecule has 2 heterocycles. The van der Waals surface area contributed by atoms with Crippen molar-refractivity contribution in [3.63, 3.8) is 0 Å². The van der Waals surface area contributed by atoms with Crippen LogP contribution in [0.2, 0.25) is 0 Å². The molecule has 1 unspecified atom stereocenters. The summed E-state index contributed by atoms with van der Waals surface area (Å²) in [4.78, 5) is 14.6. The Kier molecular flexibility index (Phi) is 3.96. The molecule has 2 fully saturated rings. The molecule has 1 aromatic carbocycles. The zero-order chi connectivity index (χ0) is 15.8. The molecule has 1 amide bonds. The molecule has 7 heteroatoms. The van der Waals surface area contributed by atoms with Gasteiger partial charge in [0, 0.05) is 19.7 Å². The third kappa shape index (κ3) is 2.88. The van der Waals surface area contributed by atoms with E-state index in [4.69, 9.17) is 4.74 Å². The summed E-state index contributed by atoms with van der Waals surface area (Å²) in [6, 6.07) is 9.33. The number of carbonyl (C=O) groups is 1. The van der Waals surface area contributed by atoms with Gasteiger partial charge in [-0.25, -0.2) is 13.1 Å². The monoisotopic (exact) mass is 324 g/mol. The number of hydrogen-bond acceptors (Lipinski definition) is 4. The van der Waals surface area contributed by atoms with E-state index in [1.165, 1.54) is 0 Å². The van der Waals surface area contributed by atoms with Crippen LogP contribution in [-0.4, -0.2) is 51.2 Å². The van der Waals surface area contributed by atoms with Crippen molar-refractivity contribution in [2.45, 2.75) is 24.5 Å². The maximum absolute atomic E-state index is 12.9. The predicted octanol–water partition coefficient (Wildman–Crippen LogP) is 0.452. The first-order chi connectivity index (χ1) is 10.4. The van der Waals surface area contributed by atoms with Crippen LogP contribution in [0.5, 0.6) is 0 Å². The van der Waals surface area contributed by atoms with Crippen LogP contribution < -0.4 is 4.72 Å². The first kappa shape index (κ1) is 15.5. The summed E-state index contributed by atoms with van der Waals surface area (Å²) in [6.07, 6.45) is 2.64. The molecule has 1 N–H and O–H groups in total. The van der Waals surface area contributed by atoms with E-state index in [1.807, 2.05) is 30.3 Å². The summed E-state index contributed by atoms with van der Waals surface area (Å²) >= 11 is 0. The lowest BCUT2D eigenvalue weighted by Gasteiger charge is -2.43. The van der Waals surface area contributed by atoms with E-state index >= 15 is 0 Å². The molecule has 2 saturated heterocycles. The van der Waals surface area contributed by atoms with Crippen molar-refractivity contribution in [2.24, 2.45) is 0 Å².